The maximum absolute atomic E-state index is 12.7. The molecule has 1 N–H and O–H groups in total. The van der Waals surface area contributed by atoms with E-state index in [9.17, 15) is 9.59 Å². The van der Waals surface area contributed by atoms with Gasteiger partial charge in [-0.1, -0.05) is 33.6 Å². The fourth-order valence-electron chi connectivity index (χ4n) is 2.62. The molecule has 132 valence electrons. The van der Waals surface area contributed by atoms with E-state index in [2.05, 4.69) is 31.1 Å². The quantitative estimate of drug-likeness (QED) is 0.739. The number of carbonyl (C=O) groups excluding carboxylic acids is 1. The van der Waals surface area contributed by atoms with E-state index in [4.69, 9.17) is 0 Å². The van der Waals surface area contributed by atoms with Crippen molar-refractivity contribution in [3.8, 4) is 0 Å². The summed E-state index contributed by atoms with van der Waals surface area (Å²) in [5.74, 6) is 0.443. The molecule has 0 saturated heterocycles. The summed E-state index contributed by atoms with van der Waals surface area (Å²) in [7, 11) is 0. The van der Waals surface area contributed by atoms with Crippen molar-refractivity contribution in [1.29, 1.82) is 0 Å². The number of rotatable bonds is 8. The minimum absolute atomic E-state index is 0.0360. The Bertz CT molecular complexity index is 761. The molecule has 0 atom stereocenters. The second-order valence-corrected chi connectivity index (χ2v) is 7.62. The number of aromatic nitrogens is 2. The Balaban J connectivity index is 2.24. The van der Waals surface area contributed by atoms with E-state index in [-0.39, 0.29) is 11.5 Å². The van der Waals surface area contributed by atoms with Crippen molar-refractivity contribution in [2.45, 2.75) is 59.9 Å². The second-order valence-electron chi connectivity index (χ2n) is 6.62. The normalized spacial score (nSPS) is 11.4. The first kappa shape index (κ1) is 18.6. The van der Waals surface area contributed by atoms with Gasteiger partial charge in [-0.3, -0.25) is 14.2 Å². The Morgan fingerprint density at radius 3 is 2.79 bits per heavy atom. The average molecular weight is 350 g/mol. The zero-order chi connectivity index (χ0) is 17.7. The molecule has 2 aromatic heterocycles. The van der Waals surface area contributed by atoms with Crippen molar-refractivity contribution in [3.05, 3.63) is 27.1 Å². The summed E-state index contributed by atoms with van der Waals surface area (Å²) in [6.45, 7) is 9.57. The highest BCUT2D eigenvalue weighted by Crippen LogP contribution is 2.26. The molecule has 0 spiro atoms. The van der Waals surface area contributed by atoms with Gasteiger partial charge in [0.05, 0.1) is 16.6 Å². The predicted octanol–water partition coefficient (Wildman–Crippen LogP) is 3.73. The maximum Gasteiger partial charge on any atom is 0.262 e. The van der Waals surface area contributed by atoms with Crippen LogP contribution in [0.3, 0.4) is 0 Å². The smallest absolute Gasteiger partial charge is 0.262 e. The summed E-state index contributed by atoms with van der Waals surface area (Å²) in [6.07, 6.45) is 5.73. The van der Waals surface area contributed by atoms with Gasteiger partial charge < -0.3 is 5.32 Å². The lowest BCUT2D eigenvalue weighted by molar-refractivity contribution is 0.0955. The van der Waals surface area contributed by atoms with Gasteiger partial charge in [0, 0.05) is 13.1 Å². The summed E-state index contributed by atoms with van der Waals surface area (Å²) >= 11 is 1.31. The van der Waals surface area contributed by atoms with Gasteiger partial charge in [-0.15, -0.1) is 11.3 Å². The number of hydrogen-bond acceptors (Lipinski definition) is 4. The number of aryl methyl sites for hydroxylation is 2. The zero-order valence-corrected chi connectivity index (χ0v) is 15.8. The molecule has 0 fully saturated rings. The molecule has 0 saturated carbocycles. The predicted molar refractivity (Wildman–Crippen MR) is 99.9 cm³/mol. The lowest BCUT2D eigenvalue weighted by atomic mass is 10.1. The molecule has 2 rings (SSSR count). The standard InChI is InChI=1S/C18H27N3O2S/c1-5-6-7-10-21-11-20-17-14(18(21)23)13(4)15(24-17)16(22)19-9-8-12(2)3/h11-12H,5-10H2,1-4H3,(H,19,22). The van der Waals surface area contributed by atoms with E-state index in [0.29, 0.717) is 34.1 Å². The first-order valence-corrected chi connectivity index (χ1v) is 9.54. The summed E-state index contributed by atoms with van der Waals surface area (Å²) < 4.78 is 1.66. The highest BCUT2D eigenvalue weighted by molar-refractivity contribution is 7.20. The van der Waals surface area contributed by atoms with E-state index < -0.39 is 0 Å². The van der Waals surface area contributed by atoms with Gasteiger partial charge in [-0.05, 0) is 31.2 Å². The number of carbonyl (C=O) groups is 1. The van der Waals surface area contributed by atoms with Crippen molar-refractivity contribution in [2.75, 3.05) is 6.54 Å². The first-order chi connectivity index (χ1) is 11.5. The van der Waals surface area contributed by atoms with Crippen LogP contribution in [0, 0.1) is 12.8 Å². The van der Waals surface area contributed by atoms with Gasteiger partial charge in [0.25, 0.3) is 11.5 Å². The highest BCUT2D eigenvalue weighted by atomic mass is 32.1. The highest BCUT2D eigenvalue weighted by Gasteiger charge is 2.19. The summed E-state index contributed by atoms with van der Waals surface area (Å²) in [5.41, 5.74) is 0.713. The van der Waals surface area contributed by atoms with Crippen molar-refractivity contribution >= 4 is 27.5 Å². The summed E-state index contributed by atoms with van der Waals surface area (Å²) in [5, 5.41) is 3.53. The Labute approximate surface area is 147 Å². The lowest BCUT2D eigenvalue weighted by Gasteiger charge is -2.06. The summed E-state index contributed by atoms with van der Waals surface area (Å²) in [4.78, 5) is 30.7. The van der Waals surface area contributed by atoms with Crippen LogP contribution in [-0.4, -0.2) is 22.0 Å². The van der Waals surface area contributed by atoms with Crippen LogP contribution in [0.15, 0.2) is 11.1 Å². The molecule has 0 aliphatic heterocycles. The Morgan fingerprint density at radius 1 is 1.38 bits per heavy atom. The number of thiophene rings is 1. The minimum atomic E-state index is -0.104. The molecule has 6 heteroatoms. The number of amides is 1. The SMILES string of the molecule is CCCCCn1cnc2sc(C(=O)NCCC(C)C)c(C)c2c1=O. The van der Waals surface area contributed by atoms with Crippen LogP contribution in [0.5, 0.6) is 0 Å². The van der Waals surface area contributed by atoms with Crippen molar-refractivity contribution < 1.29 is 4.79 Å². The fraction of sp³-hybridized carbons (Fsp3) is 0.611. The average Bonchev–Trinajstić information content (AvgIpc) is 2.87. The first-order valence-electron chi connectivity index (χ1n) is 8.72. The molecule has 1 amide bonds. The van der Waals surface area contributed by atoms with Gasteiger partial charge in [0.15, 0.2) is 0 Å². The lowest BCUT2D eigenvalue weighted by Crippen LogP contribution is -2.25. The monoisotopic (exact) mass is 349 g/mol. The van der Waals surface area contributed by atoms with Gasteiger partial charge in [-0.2, -0.15) is 0 Å². The number of fused-ring (bicyclic) bond motifs is 1. The van der Waals surface area contributed by atoms with Crippen LogP contribution in [-0.2, 0) is 6.54 Å². The molecular weight excluding hydrogens is 322 g/mol. The Morgan fingerprint density at radius 2 is 2.12 bits per heavy atom. The largest absolute Gasteiger partial charge is 0.351 e. The molecule has 0 aromatic carbocycles. The van der Waals surface area contributed by atoms with Crippen LogP contribution in [0.2, 0.25) is 0 Å². The van der Waals surface area contributed by atoms with E-state index in [1.807, 2.05) is 6.92 Å². The van der Waals surface area contributed by atoms with E-state index in [1.165, 1.54) is 11.3 Å². The van der Waals surface area contributed by atoms with Gasteiger partial charge >= 0.3 is 0 Å². The third-order valence-corrected chi connectivity index (χ3v) is 5.33. The molecule has 2 aromatic rings. The minimum Gasteiger partial charge on any atom is -0.351 e. The molecule has 0 unspecified atom stereocenters. The Hall–Kier alpha value is -1.69. The molecule has 0 aliphatic rings. The van der Waals surface area contributed by atoms with Gasteiger partial charge in [0.2, 0.25) is 0 Å². The second kappa shape index (κ2) is 8.42. The Kier molecular flexibility index (Phi) is 6.54. The third-order valence-electron chi connectivity index (χ3n) is 4.13. The van der Waals surface area contributed by atoms with Gasteiger partial charge in [0.1, 0.15) is 4.83 Å². The number of nitrogens with zero attached hydrogens (tertiary/aromatic N) is 2. The molecular formula is C18H27N3O2S. The van der Waals surface area contributed by atoms with E-state index >= 15 is 0 Å². The third kappa shape index (κ3) is 4.23. The molecule has 0 radical (unpaired) electrons. The van der Waals surface area contributed by atoms with Crippen molar-refractivity contribution in [1.82, 2.24) is 14.9 Å². The van der Waals surface area contributed by atoms with E-state index in [1.54, 1.807) is 10.9 Å². The topological polar surface area (TPSA) is 64.0 Å². The number of hydrogen-bond donors (Lipinski definition) is 1. The molecule has 5 nitrogen and oxygen atoms in total. The van der Waals surface area contributed by atoms with E-state index in [0.717, 1.165) is 31.2 Å². The maximum atomic E-state index is 12.7. The van der Waals surface area contributed by atoms with Gasteiger partial charge in [-0.25, -0.2) is 4.98 Å². The summed E-state index contributed by atoms with van der Waals surface area (Å²) in [6, 6.07) is 0. The van der Waals surface area contributed by atoms with Crippen LogP contribution in [0.25, 0.3) is 10.2 Å². The number of unbranched alkanes of at least 4 members (excludes halogenated alkanes) is 2. The molecule has 2 heterocycles. The fourth-order valence-corrected chi connectivity index (χ4v) is 3.68. The zero-order valence-electron chi connectivity index (χ0n) is 15.0. The van der Waals surface area contributed by atoms with Crippen LogP contribution < -0.4 is 10.9 Å². The van der Waals surface area contributed by atoms with Crippen LogP contribution in [0.4, 0.5) is 0 Å². The molecule has 0 bridgehead atoms. The van der Waals surface area contributed by atoms with Crippen molar-refractivity contribution in [3.63, 3.8) is 0 Å². The molecule has 24 heavy (non-hydrogen) atoms. The van der Waals surface area contributed by atoms with Crippen LogP contribution >= 0.6 is 11.3 Å². The van der Waals surface area contributed by atoms with Crippen molar-refractivity contribution in [2.24, 2.45) is 5.92 Å². The molecule has 0 aliphatic carbocycles. The number of nitrogens with one attached hydrogen (secondary N) is 1. The van der Waals surface area contributed by atoms with Crippen LogP contribution in [0.1, 0.15) is 61.7 Å².